The third-order valence-corrected chi connectivity index (χ3v) is 5.44. The monoisotopic (exact) mass is 476 g/mol. The predicted molar refractivity (Wildman–Crippen MR) is 128 cm³/mol. The number of halogens is 1. The largest absolute Gasteiger partial charge is 0.493 e. The summed E-state index contributed by atoms with van der Waals surface area (Å²) in [6, 6.07) is 18.9. The van der Waals surface area contributed by atoms with Gasteiger partial charge in [0.15, 0.2) is 11.5 Å². The van der Waals surface area contributed by atoms with E-state index in [0.29, 0.717) is 28.2 Å². The molecule has 0 aliphatic rings. The highest BCUT2D eigenvalue weighted by Gasteiger charge is 2.13. The number of rotatable bonds is 5. The molecule has 0 N–H and O–H groups in total. The molecule has 0 atom stereocenters. The Kier molecular flexibility index (Phi) is 5.91. The summed E-state index contributed by atoms with van der Waals surface area (Å²) in [5, 5.41) is 0.571. The lowest BCUT2D eigenvalue weighted by atomic mass is 10.1. The Labute approximate surface area is 188 Å². The lowest BCUT2D eigenvalue weighted by molar-refractivity contribution is 0.354. The van der Waals surface area contributed by atoms with Crippen LogP contribution in [-0.4, -0.2) is 23.8 Å². The Morgan fingerprint density at radius 1 is 0.968 bits per heavy atom. The van der Waals surface area contributed by atoms with E-state index in [2.05, 4.69) is 15.9 Å². The molecule has 0 spiro atoms. The summed E-state index contributed by atoms with van der Waals surface area (Å²) in [7, 11) is 3.19. The Hall–Kier alpha value is -3.38. The van der Waals surface area contributed by atoms with Gasteiger partial charge >= 0.3 is 0 Å². The second kappa shape index (κ2) is 8.78. The number of ether oxygens (including phenoxy) is 2. The van der Waals surface area contributed by atoms with Gasteiger partial charge in [-0.3, -0.25) is 9.36 Å². The maximum absolute atomic E-state index is 13.4. The Balaban J connectivity index is 1.94. The molecule has 0 amide bonds. The van der Waals surface area contributed by atoms with Crippen molar-refractivity contribution in [2.75, 3.05) is 14.2 Å². The van der Waals surface area contributed by atoms with Crippen molar-refractivity contribution in [2.45, 2.75) is 6.92 Å². The fraction of sp³-hybridized carbons (Fsp3) is 0.120. The van der Waals surface area contributed by atoms with Crippen molar-refractivity contribution in [3.8, 4) is 17.2 Å². The van der Waals surface area contributed by atoms with Crippen molar-refractivity contribution < 1.29 is 9.47 Å². The first-order valence-electron chi connectivity index (χ1n) is 9.70. The van der Waals surface area contributed by atoms with E-state index >= 15 is 0 Å². The van der Waals surface area contributed by atoms with E-state index in [1.807, 2.05) is 73.7 Å². The number of methoxy groups -OCH3 is 2. The maximum atomic E-state index is 13.4. The van der Waals surface area contributed by atoms with E-state index in [1.165, 1.54) is 0 Å². The molecule has 0 radical (unpaired) electrons. The summed E-state index contributed by atoms with van der Waals surface area (Å²) >= 11 is 3.51. The molecule has 0 saturated heterocycles. The normalized spacial score (nSPS) is 11.2. The van der Waals surface area contributed by atoms with Gasteiger partial charge in [0.25, 0.3) is 5.56 Å². The van der Waals surface area contributed by atoms with E-state index < -0.39 is 0 Å². The summed E-state index contributed by atoms with van der Waals surface area (Å²) in [6.07, 6.45) is 3.69. The molecule has 6 heteroatoms. The molecule has 1 aromatic heterocycles. The van der Waals surface area contributed by atoms with Crippen LogP contribution in [0.2, 0.25) is 0 Å². The lowest BCUT2D eigenvalue weighted by Crippen LogP contribution is -2.22. The van der Waals surface area contributed by atoms with Gasteiger partial charge < -0.3 is 9.47 Å². The molecular weight excluding hydrogens is 456 g/mol. The minimum atomic E-state index is -0.118. The third-order valence-electron chi connectivity index (χ3n) is 4.98. The van der Waals surface area contributed by atoms with Crippen molar-refractivity contribution in [3.63, 3.8) is 0 Å². The Morgan fingerprint density at radius 3 is 2.42 bits per heavy atom. The number of fused-ring (bicyclic) bond motifs is 1. The van der Waals surface area contributed by atoms with E-state index in [4.69, 9.17) is 14.5 Å². The van der Waals surface area contributed by atoms with E-state index in [9.17, 15) is 4.79 Å². The van der Waals surface area contributed by atoms with Gasteiger partial charge in [-0.2, -0.15) is 0 Å². The molecule has 0 aliphatic heterocycles. The molecule has 0 aliphatic carbocycles. The fourth-order valence-corrected chi connectivity index (χ4v) is 3.91. The second-order valence-electron chi connectivity index (χ2n) is 7.03. The van der Waals surface area contributed by atoms with Crippen LogP contribution in [0.5, 0.6) is 11.5 Å². The molecule has 0 saturated carbocycles. The van der Waals surface area contributed by atoms with Gasteiger partial charge in [0.2, 0.25) is 0 Å². The van der Waals surface area contributed by atoms with Crippen LogP contribution < -0.4 is 15.0 Å². The Bertz CT molecular complexity index is 1340. The lowest BCUT2D eigenvalue weighted by Gasteiger charge is -2.13. The van der Waals surface area contributed by atoms with E-state index in [0.717, 1.165) is 21.3 Å². The SMILES string of the molecule is COc1cc(Br)cc(C=Cc2nc3ccccc3c(=O)n2-c2ccc(C)cc2)c1OC. The number of para-hydroxylation sites is 1. The highest BCUT2D eigenvalue weighted by molar-refractivity contribution is 9.10. The van der Waals surface area contributed by atoms with Crippen LogP contribution >= 0.6 is 15.9 Å². The van der Waals surface area contributed by atoms with Gasteiger partial charge in [0, 0.05) is 10.0 Å². The van der Waals surface area contributed by atoms with Crippen LogP contribution in [0.4, 0.5) is 0 Å². The number of hydrogen-bond acceptors (Lipinski definition) is 4. The first-order chi connectivity index (χ1) is 15.0. The Morgan fingerprint density at radius 2 is 1.71 bits per heavy atom. The highest BCUT2D eigenvalue weighted by Crippen LogP contribution is 2.35. The van der Waals surface area contributed by atoms with Gasteiger partial charge in [-0.05, 0) is 55.5 Å². The summed E-state index contributed by atoms with van der Waals surface area (Å²) in [4.78, 5) is 18.1. The molecular formula is C25H21BrN2O3. The van der Waals surface area contributed by atoms with Crippen molar-refractivity contribution in [3.05, 3.63) is 92.4 Å². The topological polar surface area (TPSA) is 53.3 Å². The number of nitrogens with zero attached hydrogens (tertiary/aromatic N) is 2. The fourth-order valence-electron chi connectivity index (χ4n) is 3.45. The minimum Gasteiger partial charge on any atom is -0.493 e. The average Bonchev–Trinajstić information content (AvgIpc) is 2.78. The standard InChI is InChI=1S/C25H21BrN2O3/c1-16-8-11-19(12-9-16)28-23(27-21-7-5-4-6-20(21)25(28)29)13-10-17-14-18(26)15-22(30-2)24(17)31-3/h4-15H,1-3H3. The third kappa shape index (κ3) is 4.11. The highest BCUT2D eigenvalue weighted by atomic mass is 79.9. The van der Waals surface area contributed by atoms with Crippen molar-refractivity contribution in [1.29, 1.82) is 0 Å². The zero-order valence-corrected chi connectivity index (χ0v) is 19.0. The number of hydrogen-bond donors (Lipinski definition) is 0. The molecule has 3 aromatic carbocycles. The number of aromatic nitrogens is 2. The number of benzene rings is 3. The van der Waals surface area contributed by atoms with E-state index in [-0.39, 0.29) is 5.56 Å². The van der Waals surface area contributed by atoms with Gasteiger partial charge in [0.1, 0.15) is 5.82 Å². The van der Waals surface area contributed by atoms with Crippen molar-refractivity contribution >= 4 is 39.0 Å². The minimum absolute atomic E-state index is 0.118. The predicted octanol–water partition coefficient (Wildman–Crippen LogP) is 5.64. The molecule has 0 fully saturated rings. The molecule has 0 bridgehead atoms. The van der Waals surface area contributed by atoms with Crippen LogP contribution in [0, 0.1) is 6.92 Å². The number of aryl methyl sites for hydroxylation is 1. The molecule has 4 aromatic rings. The summed E-state index contributed by atoms with van der Waals surface area (Å²) in [5.41, 5.74) is 3.20. The second-order valence-corrected chi connectivity index (χ2v) is 7.94. The van der Waals surface area contributed by atoms with Crippen molar-refractivity contribution in [2.24, 2.45) is 0 Å². The quantitative estimate of drug-likeness (QED) is 0.373. The average molecular weight is 477 g/mol. The zero-order valence-electron chi connectivity index (χ0n) is 17.4. The van der Waals surface area contributed by atoms with Crippen LogP contribution in [0.1, 0.15) is 17.0 Å². The molecule has 31 heavy (non-hydrogen) atoms. The van der Waals surface area contributed by atoms with Crippen LogP contribution in [-0.2, 0) is 0 Å². The smallest absolute Gasteiger partial charge is 0.266 e. The first-order valence-corrected chi connectivity index (χ1v) is 10.5. The van der Waals surface area contributed by atoms with Gasteiger partial charge in [-0.15, -0.1) is 0 Å². The van der Waals surface area contributed by atoms with Gasteiger partial charge in [0.05, 0.1) is 30.8 Å². The van der Waals surface area contributed by atoms with Gasteiger partial charge in [-0.1, -0.05) is 45.8 Å². The van der Waals surface area contributed by atoms with E-state index in [1.54, 1.807) is 24.9 Å². The first kappa shape index (κ1) is 20.9. The summed E-state index contributed by atoms with van der Waals surface area (Å²) in [6.45, 7) is 2.01. The molecule has 1 heterocycles. The molecule has 156 valence electrons. The maximum Gasteiger partial charge on any atom is 0.266 e. The molecule has 0 unspecified atom stereocenters. The molecule has 5 nitrogen and oxygen atoms in total. The van der Waals surface area contributed by atoms with Crippen LogP contribution in [0.3, 0.4) is 0 Å². The van der Waals surface area contributed by atoms with Crippen molar-refractivity contribution in [1.82, 2.24) is 9.55 Å². The molecule has 4 rings (SSSR count). The van der Waals surface area contributed by atoms with Gasteiger partial charge in [-0.25, -0.2) is 4.98 Å². The summed E-state index contributed by atoms with van der Waals surface area (Å²) in [5.74, 6) is 1.74. The van der Waals surface area contributed by atoms with Crippen LogP contribution in [0.25, 0.3) is 28.7 Å². The van der Waals surface area contributed by atoms with Crippen LogP contribution in [0.15, 0.2) is 69.9 Å². The zero-order chi connectivity index (χ0) is 22.0. The summed E-state index contributed by atoms with van der Waals surface area (Å²) < 4.78 is 13.5.